The van der Waals surface area contributed by atoms with Crippen LogP contribution in [0.2, 0.25) is 0 Å². The molecular formula is C20H17FN2O3. The molecule has 0 unspecified atom stereocenters. The second kappa shape index (κ2) is 7.65. The normalized spacial score (nSPS) is 10.4. The van der Waals surface area contributed by atoms with E-state index in [0.717, 1.165) is 5.56 Å². The maximum Gasteiger partial charge on any atom is 0.411 e. The molecule has 0 radical (unpaired) electrons. The van der Waals surface area contributed by atoms with Crippen molar-refractivity contribution in [3.8, 4) is 5.69 Å². The van der Waals surface area contributed by atoms with Crippen molar-refractivity contribution in [2.45, 2.75) is 13.5 Å². The van der Waals surface area contributed by atoms with Crippen LogP contribution in [0.3, 0.4) is 0 Å². The zero-order chi connectivity index (χ0) is 18.5. The molecule has 6 heteroatoms. The molecule has 1 heterocycles. The first-order valence-electron chi connectivity index (χ1n) is 7.99. The maximum absolute atomic E-state index is 14.3. The fraction of sp³-hybridized carbons (Fsp3) is 0.100. The van der Waals surface area contributed by atoms with Gasteiger partial charge in [0.2, 0.25) is 0 Å². The minimum Gasteiger partial charge on any atom is -0.444 e. The number of carbonyl (C=O) groups is 2. The SMILES string of the molecule is CC(=O)c1ccn(-c2ccc(NC(=O)OCc3ccccc3)cc2F)c1. The minimum atomic E-state index is -0.666. The number of ketones is 1. The molecule has 0 aliphatic heterocycles. The average Bonchev–Trinajstić information content (AvgIpc) is 3.11. The average molecular weight is 352 g/mol. The molecule has 0 aliphatic carbocycles. The van der Waals surface area contributed by atoms with Gasteiger partial charge in [-0.15, -0.1) is 0 Å². The summed E-state index contributed by atoms with van der Waals surface area (Å²) in [6.07, 6.45) is 2.50. The molecule has 1 N–H and O–H groups in total. The van der Waals surface area contributed by atoms with E-state index >= 15 is 0 Å². The van der Waals surface area contributed by atoms with Crippen LogP contribution in [0.25, 0.3) is 5.69 Å². The van der Waals surface area contributed by atoms with E-state index in [0.29, 0.717) is 5.56 Å². The van der Waals surface area contributed by atoms with E-state index in [4.69, 9.17) is 4.74 Å². The molecule has 2 aromatic carbocycles. The van der Waals surface area contributed by atoms with Crippen LogP contribution in [-0.4, -0.2) is 16.4 Å². The number of Topliss-reactive ketones (excluding diaryl/α,β-unsaturated/α-hetero) is 1. The molecule has 5 nitrogen and oxygen atoms in total. The van der Waals surface area contributed by atoms with Crippen LogP contribution in [0.1, 0.15) is 22.8 Å². The summed E-state index contributed by atoms with van der Waals surface area (Å²) >= 11 is 0. The second-order valence-corrected chi connectivity index (χ2v) is 5.72. The maximum atomic E-state index is 14.3. The second-order valence-electron chi connectivity index (χ2n) is 5.72. The summed E-state index contributed by atoms with van der Waals surface area (Å²) in [5.74, 6) is -0.625. The van der Waals surface area contributed by atoms with Gasteiger partial charge in [0.1, 0.15) is 12.4 Å². The summed E-state index contributed by atoms with van der Waals surface area (Å²) < 4.78 is 21.0. The monoisotopic (exact) mass is 352 g/mol. The summed E-state index contributed by atoms with van der Waals surface area (Å²) in [6.45, 7) is 1.58. The van der Waals surface area contributed by atoms with Gasteiger partial charge >= 0.3 is 6.09 Å². The van der Waals surface area contributed by atoms with E-state index in [1.807, 2.05) is 30.3 Å². The van der Waals surface area contributed by atoms with E-state index in [9.17, 15) is 14.0 Å². The molecule has 3 rings (SSSR count). The van der Waals surface area contributed by atoms with Crippen molar-refractivity contribution < 1.29 is 18.7 Å². The molecule has 0 bridgehead atoms. The van der Waals surface area contributed by atoms with Gasteiger partial charge in [-0.25, -0.2) is 9.18 Å². The number of halogens is 1. The molecule has 0 aliphatic rings. The Morgan fingerprint density at radius 2 is 1.88 bits per heavy atom. The van der Waals surface area contributed by atoms with E-state index in [-0.39, 0.29) is 23.8 Å². The number of nitrogens with zero attached hydrogens (tertiary/aromatic N) is 1. The third kappa shape index (κ3) is 4.16. The molecule has 3 aromatic rings. The van der Waals surface area contributed by atoms with Gasteiger partial charge in [0, 0.05) is 23.6 Å². The van der Waals surface area contributed by atoms with E-state index in [1.165, 1.54) is 23.6 Å². The minimum absolute atomic E-state index is 0.0939. The lowest BCUT2D eigenvalue weighted by Crippen LogP contribution is -2.13. The number of carbonyl (C=O) groups excluding carboxylic acids is 2. The van der Waals surface area contributed by atoms with Gasteiger partial charge in [-0.2, -0.15) is 0 Å². The van der Waals surface area contributed by atoms with Crippen LogP contribution in [0.4, 0.5) is 14.9 Å². The molecule has 0 fully saturated rings. The zero-order valence-electron chi connectivity index (χ0n) is 14.1. The molecule has 0 saturated carbocycles. The summed E-state index contributed by atoms with van der Waals surface area (Å²) in [7, 11) is 0. The van der Waals surface area contributed by atoms with Gasteiger partial charge in [0.15, 0.2) is 5.78 Å². The van der Waals surface area contributed by atoms with Gasteiger partial charge in [-0.1, -0.05) is 30.3 Å². The van der Waals surface area contributed by atoms with Crippen molar-refractivity contribution in [3.63, 3.8) is 0 Å². The Balaban J connectivity index is 1.65. The van der Waals surface area contributed by atoms with Gasteiger partial charge in [0.25, 0.3) is 0 Å². The molecule has 0 spiro atoms. The Morgan fingerprint density at radius 3 is 2.54 bits per heavy atom. The number of hydrogen-bond donors (Lipinski definition) is 1. The highest BCUT2D eigenvalue weighted by Gasteiger charge is 2.10. The lowest BCUT2D eigenvalue weighted by Gasteiger charge is -2.09. The lowest BCUT2D eigenvalue weighted by molar-refractivity contribution is 0.101. The number of hydrogen-bond acceptors (Lipinski definition) is 3. The zero-order valence-corrected chi connectivity index (χ0v) is 14.1. The molecule has 0 saturated heterocycles. The molecule has 26 heavy (non-hydrogen) atoms. The number of benzene rings is 2. The fourth-order valence-corrected chi connectivity index (χ4v) is 2.43. The summed E-state index contributed by atoms with van der Waals surface area (Å²) in [4.78, 5) is 23.2. The Bertz CT molecular complexity index is 935. The summed E-state index contributed by atoms with van der Waals surface area (Å²) in [6, 6.07) is 15.2. The van der Waals surface area contributed by atoms with Crippen molar-refractivity contribution in [2.24, 2.45) is 0 Å². The number of ether oxygens (including phenoxy) is 1. The van der Waals surface area contributed by atoms with Gasteiger partial charge in [-0.3, -0.25) is 10.1 Å². The molecule has 1 amide bonds. The van der Waals surface area contributed by atoms with E-state index < -0.39 is 11.9 Å². The number of amides is 1. The first kappa shape index (κ1) is 17.4. The van der Waals surface area contributed by atoms with Crippen LogP contribution >= 0.6 is 0 Å². The van der Waals surface area contributed by atoms with Crippen molar-refractivity contribution in [3.05, 3.63) is 83.9 Å². The third-order valence-corrected chi connectivity index (χ3v) is 3.78. The summed E-state index contributed by atoms with van der Waals surface area (Å²) in [5, 5.41) is 2.49. The topological polar surface area (TPSA) is 60.3 Å². The Kier molecular flexibility index (Phi) is 5.12. The van der Waals surface area contributed by atoms with Crippen molar-refractivity contribution in [2.75, 3.05) is 5.32 Å². The van der Waals surface area contributed by atoms with E-state index in [1.54, 1.807) is 24.5 Å². The number of nitrogens with one attached hydrogen (secondary N) is 1. The smallest absolute Gasteiger partial charge is 0.411 e. The number of anilines is 1. The Hall–Kier alpha value is -3.41. The standard InChI is InChI=1S/C20H17FN2O3/c1-14(24)16-9-10-23(12-16)19-8-7-17(11-18(19)21)22-20(25)26-13-15-5-3-2-4-6-15/h2-12H,13H2,1H3,(H,22,25). The number of aromatic nitrogens is 1. The van der Waals surface area contributed by atoms with Crippen molar-refractivity contribution in [1.29, 1.82) is 0 Å². The van der Waals surface area contributed by atoms with Gasteiger partial charge < -0.3 is 9.30 Å². The highest BCUT2D eigenvalue weighted by atomic mass is 19.1. The number of rotatable bonds is 5. The van der Waals surface area contributed by atoms with E-state index in [2.05, 4.69) is 5.32 Å². The van der Waals surface area contributed by atoms with Gasteiger partial charge in [-0.05, 0) is 36.8 Å². The van der Waals surface area contributed by atoms with Crippen LogP contribution in [0.15, 0.2) is 67.0 Å². The largest absolute Gasteiger partial charge is 0.444 e. The Morgan fingerprint density at radius 1 is 1.12 bits per heavy atom. The molecular weight excluding hydrogens is 335 g/mol. The Labute approximate surface area is 150 Å². The van der Waals surface area contributed by atoms with Crippen LogP contribution in [-0.2, 0) is 11.3 Å². The predicted molar refractivity (Wildman–Crippen MR) is 96.0 cm³/mol. The third-order valence-electron chi connectivity index (χ3n) is 3.78. The molecule has 0 atom stereocenters. The van der Waals surface area contributed by atoms with Crippen LogP contribution in [0, 0.1) is 5.82 Å². The highest BCUT2D eigenvalue weighted by molar-refractivity contribution is 5.94. The predicted octanol–water partition coefficient (Wildman–Crippen LogP) is 4.57. The van der Waals surface area contributed by atoms with Gasteiger partial charge in [0.05, 0.1) is 5.69 Å². The fourth-order valence-electron chi connectivity index (χ4n) is 2.43. The lowest BCUT2D eigenvalue weighted by atomic mass is 10.2. The molecule has 1 aromatic heterocycles. The first-order valence-corrected chi connectivity index (χ1v) is 7.99. The molecule has 132 valence electrons. The van der Waals surface area contributed by atoms with Crippen molar-refractivity contribution in [1.82, 2.24) is 4.57 Å². The van der Waals surface area contributed by atoms with Crippen LogP contribution in [0.5, 0.6) is 0 Å². The van der Waals surface area contributed by atoms with Crippen LogP contribution < -0.4 is 5.32 Å². The first-order chi connectivity index (χ1) is 12.5. The van der Waals surface area contributed by atoms with Crippen molar-refractivity contribution >= 4 is 17.6 Å². The highest BCUT2D eigenvalue weighted by Crippen LogP contribution is 2.20. The summed E-state index contributed by atoms with van der Waals surface area (Å²) in [5.41, 5.74) is 1.91. The quantitative estimate of drug-likeness (QED) is 0.685.